The zero-order valence-corrected chi connectivity index (χ0v) is 35.0. The van der Waals surface area contributed by atoms with E-state index in [0.29, 0.717) is 32.4 Å². The fraction of sp³-hybridized carbons (Fsp3) is 0.643. The first-order valence-electron chi connectivity index (χ1n) is 20.7. The summed E-state index contributed by atoms with van der Waals surface area (Å²) in [5.41, 5.74) is -0.0773. The molecule has 1 amide bonds. The average molecular weight is 832 g/mol. The maximum absolute atomic E-state index is 16.3. The molecule has 15 heteroatoms. The van der Waals surface area contributed by atoms with Gasteiger partial charge in [-0.2, -0.15) is 4.31 Å². The van der Waals surface area contributed by atoms with Gasteiger partial charge < -0.3 is 19.9 Å². The van der Waals surface area contributed by atoms with Crippen LogP contribution in [-0.2, 0) is 30.0 Å². The third-order valence-corrected chi connectivity index (χ3v) is 17.3. The second kappa shape index (κ2) is 17.2. The highest BCUT2D eigenvalue weighted by Crippen LogP contribution is 2.52. The molecular weight excluding hydrogens is 773 g/mol. The summed E-state index contributed by atoms with van der Waals surface area (Å²) in [5, 5.41) is 3.41. The molecule has 1 aliphatic carbocycles. The Morgan fingerprint density at radius 2 is 1.65 bits per heavy atom. The third kappa shape index (κ3) is 8.92. The maximum atomic E-state index is 16.3. The summed E-state index contributed by atoms with van der Waals surface area (Å²) in [7, 11) is -6.11. The van der Waals surface area contributed by atoms with Crippen LogP contribution in [0, 0.1) is 17.7 Å². The van der Waals surface area contributed by atoms with E-state index in [4.69, 9.17) is 4.74 Å². The topological polar surface area (TPSA) is 120 Å². The van der Waals surface area contributed by atoms with Crippen LogP contribution < -0.4 is 10.2 Å². The van der Waals surface area contributed by atoms with E-state index in [9.17, 15) is 21.6 Å². The van der Waals surface area contributed by atoms with Crippen LogP contribution in [0.2, 0.25) is 0 Å². The Morgan fingerprint density at radius 1 is 0.912 bits per heavy atom. The molecule has 0 bridgehead atoms. The molecule has 2 aromatic carbocycles. The number of amides is 1. The normalized spacial score (nSPS) is 26.7. The van der Waals surface area contributed by atoms with Gasteiger partial charge in [0.15, 0.2) is 15.5 Å². The van der Waals surface area contributed by atoms with Crippen molar-refractivity contribution < 1.29 is 35.1 Å². The number of carbonyl (C=O) groups excluding carboxylic acids is 1. The number of sulfone groups is 1. The number of allylic oxidation sites excluding steroid dienone is 1. The number of piperidine rings is 1. The number of alkyl carbamates (subject to hydrolysis) is 1. The van der Waals surface area contributed by atoms with Crippen molar-refractivity contribution in [3.63, 3.8) is 0 Å². The molecule has 4 atom stereocenters. The van der Waals surface area contributed by atoms with Crippen LogP contribution in [0.4, 0.5) is 19.3 Å². The smallest absolute Gasteiger partial charge is 0.407 e. The first kappa shape index (κ1) is 42.0. The minimum absolute atomic E-state index is 0.0809. The lowest BCUT2D eigenvalue weighted by Crippen LogP contribution is -2.65. The van der Waals surface area contributed by atoms with E-state index in [1.165, 1.54) is 23.6 Å². The quantitative estimate of drug-likeness (QED) is 0.270. The summed E-state index contributed by atoms with van der Waals surface area (Å²) in [6.07, 6.45) is 8.16. The monoisotopic (exact) mass is 831 g/mol. The molecule has 314 valence electrons. The van der Waals surface area contributed by atoms with Crippen molar-refractivity contribution in [3.8, 4) is 0 Å². The van der Waals surface area contributed by atoms with Crippen molar-refractivity contribution in [2.75, 3.05) is 77.5 Å². The van der Waals surface area contributed by atoms with E-state index in [2.05, 4.69) is 21.2 Å². The first-order chi connectivity index (χ1) is 27.3. The van der Waals surface area contributed by atoms with E-state index in [1.807, 2.05) is 4.90 Å². The fourth-order valence-electron chi connectivity index (χ4n) is 10.5. The Hall–Kier alpha value is -3.11. The molecule has 1 saturated carbocycles. The Balaban J connectivity index is 1.000. The van der Waals surface area contributed by atoms with Crippen molar-refractivity contribution in [2.24, 2.45) is 11.8 Å². The molecule has 4 aliphatic heterocycles. The Morgan fingerprint density at radius 3 is 2.30 bits per heavy atom. The predicted octanol–water partition coefficient (Wildman–Crippen LogP) is 5.73. The lowest BCUT2D eigenvalue weighted by atomic mass is 9.57. The lowest BCUT2D eigenvalue weighted by Gasteiger charge is -2.54. The number of methoxy groups -OCH3 is 1. The van der Waals surface area contributed by atoms with E-state index in [-0.39, 0.29) is 48.2 Å². The van der Waals surface area contributed by atoms with Crippen LogP contribution in [-0.4, -0.2) is 127 Å². The fourth-order valence-corrected chi connectivity index (χ4v) is 13.7. The van der Waals surface area contributed by atoms with Gasteiger partial charge in [0, 0.05) is 48.7 Å². The van der Waals surface area contributed by atoms with E-state index >= 15 is 8.78 Å². The van der Waals surface area contributed by atoms with E-state index in [0.717, 1.165) is 87.9 Å². The second-order valence-corrected chi connectivity index (χ2v) is 21.1. The standard InChI is InChI=1S/C42H59F2N5O6S2/c1-3-25-56(51,52)49-22-5-4-11-37(27-49)57(53,54)36-16-14-35(15-17-36)48-29-41(44,30-48)28-47-23-18-32(19-24-47)42(31-46-20-8-21-46,33-9-6-10-34(43)26-33)38-12-7-13-39(38)45-40(50)55-2/h3,6,9-10,14-17,25-26,32,37-39H,4-5,7-8,11-13,18-24,27-31H2,1-2H3,(H,45,50)/b25-3+/t37-,38+,39+,42?/m1/s1. The molecule has 4 heterocycles. The van der Waals surface area contributed by atoms with Crippen LogP contribution in [0.3, 0.4) is 0 Å². The molecule has 1 N–H and O–H groups in total. The van der Waals surface area contributed by atoms with Gasteiger partial charge in [-0.25, -0.2) is 30.4 Å². The maximum Gasteiger partial charge on any atom is 0.407 e. The second-order valence-electron chi connectivity index (χ2n) is 17.0. The number of ether oxygens (including phenoxy) is 1. The molecule has 57 heavy (non-hydrogen) atoms. The molecule has 2 aromatic rings. The highest BCUT2D eigenvalue weighted by atomic mass is 32.2. The largest absolute Gasteiger partial charge is 0.453 e. The number of rotatable bonds is 13. The molecule has 7 rings (SSSR count). The number of nitrogens with one attached hydrogen (secondary N) is 1. The lowest BCUT2D eigenvalue weighted by molar-refractivity contribution is 0.00584. The number of anilines is 1. The summed E-state index contributed by atoms with van der Waals surface area (Å²) in [5.74, 6) is 0.0526. The minimum atomic E-state index is -3.80. The van der Waals surface area contributed by atoms with Gasteiger partial charge in [-0.15, -0.1) is 0 Å². The first-order valence-corrected chi connectivity index (χ1v) is 23.8. The van der Waals surface area contributed by atoms with Crippen molar-refractivity contribution in [1.29, 1.82) is 0 Å². The molecule has 4 saturated heterocycles. The van der Waals surface area contributed by atoms with Crippen molar-refractivity contribution in [3.05, 3.63) is 71.4 Å². The van der Waals surface area contributed by atoms with Crippen LogP contribution in [0.25, 0.3) is 0 Å². The van der Waals surface area contributed by atoms with Gasteiger partial charge in [0.25, 0.3) is 0 Å². The number of hydrogen-bond acceptors (Lipinski definition) is 9. The number of carbonyl (C=O) groups is 1. The van der Waals surface area contributed by atoms with Crippen molar-refractivity contribution in [1.82, 2.24) is 19.4 Å². The van der Waals surface area contributed by atoms with Crippen LogP contribution in [0.1, 0.15) is 70.3 Å². The van der Waals surface area contributed by atoms with Gasteiger partial charge in [-0.3, -0.25) is 4.90 Å². The zero-order valence-electron chi connectivity index (χ0n) is 33.3. The average Bonchev–Trinajstić information content (AvgIpc) is 3.45. The molecule has 0 radical (unpaired) electrons. The van der Waals surface area contributed by atoms with Gasteiger partial charge in [-0.1, -0.05) is 31.1 Å². The van der Waals surface area contributed by atoms with E-state index in [1.54, 1.807) is 43.3 Å². The van der Waals surface area contributed by atoms with Gasteiger partial charge in [0.1, 0.15) is 5.82 Å². The number of benzene rings is 2. The number of alkyl halides is 1. The number of halogens is 2. The van der Waals surface area contributed by atoms with Crippen LogP contribution in [0.5, 0.6) is 0 Å². The molecule has 5 aliphatic rings. The zero-order chi connectivity index (χ0) is 40.4. The highest BCUT2D eigenvalue weighted by Gasteiger charge is 2.54. The number of likely N-dealkylation sites (tertiary alicyclic amines) is 2. The number of nitrogens with zero attached hydrogens (tertiary/aromatic N) is 4. The van der Waals surface area contributed by atoms with Crippen molar-refractivity contribution in [2.45, 2.75) is 92.0 Å². The molecule has 0 aromatic heterocycles. The highest BCUT2D eigenvalue weighted by molar-refractivity contribution is 7.93. The summed E-state index contributed by atoms with van der Waals surface area (Å²) >= 11 is 0. The SMILES string of the molecule is C/C=C/S(=O)(=O)N1CCCC[C@@H](S(=O)(=O)c2ccc(N3CC(F)(CN4CCC(C(CN5CCC5)(c5cccc(F)c5)[C@H]5CCC[C@@H]5NC(=O)OC)CC4)C3)cc2)C1. The van der Waals surface area contributed by atoms with E-state index < -0.39 is 42.3 Å². The molecular formula is C42H59F2N5O6S2. The molecule has 5 fully saturated rings. The summed E-state index contributed by atoms with van der Waals surface area (Å²) in [4.78, 5) is 19.3. The molecule has 1 unspecified atom stereocenters. The number of hydrogen-bond donors (Lipinski definition) is 1. The number of sulfonamides is 1. The Kier molecular flexibility index (Phi) is 12.7. The Labute approximate surface area is 337 Å². The molecule has 11 nitrogen and oxygen atoms in total. The van der Waals surface area contributed by atoms with Gasteiger partial charge in [0.2, 0.25) is 10.0 Å². The van der Waals surface area contributed by atoms with Crippen LogP contribution in [0.15, 0.2) is 64.9 Å². The minimum Gasteiger partial charge on any atom is -0.453 e. The van der Waals surface area contributed by atoms with Gasteiger partial charge >= 0.3 is 6.09 Å². The third-order valence-electron chi connectivity index (χ3n) is 13.5. The van der Waals surface area contributed by atoms with Gasteiger partial charge in [-0.05, 0) is 132 Å². The van der Waals surface area contributed by atoms with Crippen LogP contribution >= 0.6 is 0 Å². The summed E-state index contributed by atoms with van der Waals surface area (Å²) in [6.45, 7) is 6.76. The molecule has 0 spiro atoms. The summed E-state index contributed by atoms with van der Waals surface area (Å²) < 4.78 is 90.5. The Bertz CT molecular complexity index is 1970. The van der Waals surface area contributed by atoms with Crippen molar-refractivity contribution >= 4 is 31.6 Å². The summed E-state index contributed by atoms with van der Waals surface area (Å²) in [6, 6.07) is 13.5. The predicted molar refractivity (Wildman–Crippen MR) is 218 cm³/mol. The van der Waals surface area contributed by atoms with Gasteiger partial charge in [0.05, 0.1) is 30.3 Å².